The standard InChI is InChI=1S/C19H24N2O/c1-14(17-11-7-4-8-12-17)15(2)21-19(22)18(20)13-16-9-5-3-6-10-16/h3-12,14-15,18H,13,20H2,1-2H3,(H,21,22)/t14?,15?,18-/m0/s1. The highest BCUT2D eigenvalue weighted by molar-refractivity contribution is 5.82. The molecule has 0 fully saturated rings. The van der Waals surface area contributed by atoms with Gasteiger partial charge in [-0.25, -0.2) is 0 Å². The lowest BCUT2D eigenvalue weighted by Crippen LogP contribution is -2.46. The summed E-state index contributed by atoms with van der Waals surface area (Å²) in [5.41, 5.74) is 8.32. The van der Waals surface area contributed by atoms with E-state index in [0.29, 0.717) is 6.42 Å². The van der Waals surface area contributed by atoms with Crippen LogP contribution < -0.4 is 11.1 Å². The van der Waals surface area contributed by atoms with Gasteiger partial charge in [-0.05, 0) is 24.5 Å². The van der Waals surface area contributed by atoms with Crippen molar-refractivity contribution in [3.8, 4) is 0 Å². The van der Waals surface area contributed by atoms with Crippen molar-refractivity contribution in [2.75, 3.05) is 0 Å². The van der Waals surface area contributed by atoms with E-state index in [4.69, 9.17) is 5.73 Å². The fourth-order valence-corrected chi connectivity index (χ4v) is 2.46. The Kier molecular flexibility index (Phi) is 5.73. The number of benzene rings is 2. The van der Waals surface area contributed by atoms with Crippen molar-refractivity contribution in [2.45, 2.75) is 38.3 Å². The molecular weight excluding hydrogens is 272 g/mol. The molecular formula is C19H24N2O. The summed E-state index contributed by atoms with van der Waals surface area (Å²) in [7, 11) is 0. The second-order valence-electron chi connectivity index (χ2n) is 5.79. The summed E-state index contributed by atoms with van der Waals surface area (Å²) in [6.07, 6.45) is 0.555. The molecule has 2 aromatic rings. The molecule has 2 rings (SSSR count). The fraction of sp³-hybridized carbons (Fsp3) is 0.316. The van der Waals surface area contributed by atoms with Gasteiger partial charge < -0.3 is 11.1 Å². The molecule has 0 aliphatic carbocycles. The maximum atomic E-state index is 12.3. The summed E-state index contributed by atoms with van der Waals surface area (Å²) in [6.45, 7) is 4.13. The Hall–Kier alpha value is -2.13. The number of rotatable bonds is 6. The number of nitrogens with two attached hydrogens (primary N) is 1. The van der Waals surface area contributed by atoms with Crippen LogP contribution in [-0.2, 0) is 11.2 Å². The van der Waals surface area contributed by atoms with E-state index < -0.39 is 6.04 Å². The Morgan fingerprint density at radius 3 is 2.14 bits per heavy atom. The number of amides is 1. The van der Waals surface area contributed by atoms with Crippen molar-refractivity contribution in [2.24, 2.45) is 5.73 Å². The monoisotopic (exact) mass is 296 g/mol. The van der Waals surface area contributed by atoms with Crippen LogP contribution in [0.3, 0.4) is 0 Å². The molecule has 0 heterocycles. The number of carbonyl (C=O) groups is 1. The summed E-state index contributed by atoms with van der Waals surface area (Å²) >= 11 is 0. The minimum Gasteiger partial charge on any atom is -0.352 e. The molecule has 116 valence electrons. The first kappa shape index (κ1) is 16.2. The van der Waals surface area contributed by atoms with Crippen molar-refractivity contribution in [1.29, 1.82) is 0 Å². The van der Waals surface area contributed by atoms with E-state index in [9.17, 15) is 4.79 Å². The molecule has 0 radical (unpaired) electrons. The van der Waals surface area contributed by atoms with E-state index in [1.165, 1.54) is 5.56 Å². The topological polar surface area (TPSA) is 55.1 Å². The fourth-order valence-electron chi connectivity index (χ4n) is 2.46. The van der Waals surface area contributed by atoms with Crippen molar-refractivity contribution >= 4 is 5.91 Å². The van der Waals surface area contributed by atoms with Gasteiger partial charge >= 0.3 is 0 Å². The highest BCUT2D eigenvalue weighted by Crippen LogP contribution is 2.18. The van der Waals surface area contributed by atoms with Crippen LogP contribution in [-0.4, -0.2) is 18.0 Å². The molecule has 22 heavy (non-hydrogen) atoms. The van der Waals surface area contributed by atoms with Gasteiger partial charge in [-0.3, -0.25) is 4.79 Å². The molecule has 1 amide bonds. The molecule has 2 aromatic carbocycles. The molecule has 0 aliphatic heterocycles. The Labute approximate surface area is 132 Å². The minimum atomic E-state index is -0.521. The highest BCUT2D eigenvalue weighted by atomic mass is 16.2. The number of carbonyl (C=O) groups excluding carboxylic acids is 1. The SMILES string of the molecule is CC(NC(=O)[C@@H](N)Cc1ccccc1)C(C)c1ccccc1. The summed E-state index contributed by atoms with van der Waals surface area (Å²) in [6, 6.07) is 19.6. The largest absolute Gasteiger partial charge is 0.352 e. The van der Waals surface area contributed by atoms with Gasteiger partial charge in [0.1, 0.15) is 0 Å². The Morgan fingerprint density at radius 1 is 1.00 bits per heavy atom. The first-order valence-electron chi connectivity index (χ1n) is 7.72. The highest BCUT2D eigenvalue weighted by Gasteiger charge is 2.20. The molecule has 0 aliphatic rings. The van der Waals surface area contributed by atoms with Crippen molar-refractivity contribution in [1.82, 2.24) is 5.32 Å². The predicted octanol–water partition coefficient (Wildman–Crippen LogP) is 2.86. The minimum absolute atomic E-state index is 0.0386. The third kappa shape index (κ3) is 4.43. The van der Waals surface area contributed by atoms with Crippen molar-refractivity contribution in [3.05, 3.63) is 71.8 Å². The van der Waals surface area contributed by atoms with Crippen LogP contribution in [0.25, 0.3) is 0 Å². The van der Waals surface area contributed by atoms with Crippen molar-refractivity contribution in [3.63, 3.8) is 0 Å². The first-order chi connectivity index (χ1) is 10.6. The zero-order chi connectivity index (χ0) is 15.9. The normalized spacial score (nSPS) is 14.9. The zero-order valence-corrected chi connectivity index (χ0v) is 13.2. The third-order valence-electron chi connectivity index (χ3n) is 4.08. The Bertz CT molecular complexity index is 583. The van der Waals surface area contributed by atoms with Crippen LogP contribution in [0.4, 0.5) is 0 Å². The van der Waals surface area contributed by atoms with Gasteiger partial charge in [0.05, 0.1) is 6.04 Å². The van der Waals surface area contributed by atoms with Crippen molar-refractivity contribution < 1.29 is 4.79 Å². The summed E-state index contributed by atoms with van der Waals surface area (Å²) in [5, 5.41) is 3.03. The van der Waals surface area contributed by atoms with E-state index in [-0.39, 0.29) is 17.9 Å². The average Bonchev–Trinajstić information content (AvgIpc) is 2.55. The second-order valence-corrected chi connectivity index (χ2v) is 5.79. The van der Waals surface area contributed by atoms with Gasteiger partial charge in [0.2, 0.25) is 5.91 Å². The van der Waals surface area contributed by atoms with Crippen LogP contribution in [0, 0.1) is 0 Å². The van der Waals surface area contributed by atoms with Crippen LogP contribution in [0.1, 0.15) is 30.9 Å². The summed E-state index contributed by atoms with van der Waals surface area (Å²) < 4.78 is 0. The zero-order valence-electron chi connectivity index (χ0n) is 13.2. The van der Waals surface area contributed by atoms with Gasteiger partial charge in [-0.1, -0.05) is 67.6 Å². The number of hydrogen-bond acceptors (Lipinski definition) is 2. The predicted molar refractivity (Wildman–Crippen MR) is 90.6 cm³/mol. The smallest absolute Gasteiger partial charge is 0.237 e. The maximum Gasteiger partial charge on any atom is 0.237 e. The van der Waals surface area contributed by atoms with Crippen LogP contribution in [0.2, 0.25) is 0 Å². The lowest BCUT2D eigenvalue weighted by atomic mass is 9.94. The maximum absolute atomic E-state index is 12.3. The Morgan fingerprint density at radius 2 is 1.55 bits per heavy atom. The molecule has 3 nitrogen and oxygen atoms in total. The average molecular weight is 296 g/mol. The molecule has 2 unspecified atom stereocenters. The molecule has 0 saturated carbocycles. The lowest BCUT2D eigenvalue weighted by Gasteiger charge is -2.23. The molecule has 3 atom stereocenters. The van der Waals surface area contributed by atoms with Gasteiger partial charge in [0.25, 0.3) is 0 Å². The van der Waals surface area contributed by atoms with Gasteiger partial charge in [0, 0.05) is 12.0 Å². The van der Waals surface area contributed by atoms with Gasteiger partial charge in [-0.2, -0.15) is 0 Å². The number of hydrogen-bond donors (Lipinski definition) is 2. The molecule has 3 N–H and O–H groups in total. The van der Waals surface area contributed by atoms with E-state index >= 15 is 0 Å². The lowest BCUT2D eigenvalue weighted by molar-refractivity contribution is -0.123. The van der Waals surface area contributed by atoms with Crippen LogP contribution in [0.5, 0.6) is 0 Å². The van der Waals surface area contributed by atoms with Gasteiger partial charge in [-0.15, -0.1) is 0 Å². The third-order valence-corrected chi connectivity index (χ3v) is 4.08. The molecule has 0 saturated heterocycles. The first-order valence-corrected chi connectivity index (χ1v) is 7.72. The van der Waals surface area contributed by atoms with Gasteiger partial charge in [0.15, 0.2) is 0 Å². The molecule has 0 bridgehead atoms. The van der Waals surface area contributed by atoms with E-state index in [1.807, 2.05) is 55.5 Å². The molecule has 0 spiro atoms. The van der Waals surface area contributed by atoms with E-state index in [0.717, 1.165) is 5.56 Å². The van der Waals surface area contributed by atoms with E-state index in [2.05, 4.69) is 24.4 Å². The number of nitrogens with one attached hydrogen (secondary N) is 1. The summed E-state index contributed by atoms with van der Waals surface area (Å²) in [5.74, 6) is 0.146. The quantitative estimate of drug-likeness (QED) is 0.861. The molecule has 3 heteroatoms. The molecule has 0 aromatic heterocycles. The van der Waals surface area contributed by atoms with Crippen LogP contribution in [0.15, 0.2) is 60.7 Å². The second kappa shape index (κ2) is 7.76. The summed E-state index contributed by atoms with van der Waals surface area (Å²) in [4.78, 5) is 12.3. The van der Waals surface area contributed by atoms with Crippen LogP contribution >= 0.6 is 0 Å². The Balaban J connectivity index is 1.90. The van der Waals surface area contributed by atoms with E-state index in [1.54, 1.807) is 0 Å².